The summed E-state index contributed by atoms with van der Waals surface area (Å²) in [6, 6.07) is 0. The molecule has 0 aromatic heterocycles. The van der Waals surface area contributed by atoms with Gasteiger partial charge in [-0.05, 0) is 24.2 Å². The molecule has 0 saturated heterocycles. The van der Waals surface area contributed by atoms with Gasteiger partial charge in [0.1, 0.15) is 0 Å². The highest BCUT2D eigenvalue weighted by molar-refractivity contribution is 8.12. The van der Waals surface area contributed by atoms with Crippen LogP contribution in [-0.2, 0) is 0 Å². The van der Waals surface area contributed by atoms with E-state index in [9.17, 15) is 0 Å². The van der Waals surface area contributed by atoms with Crippen LogP contribution in [0.1, 0.15) is 6.42 Å². The van der Waals surface area contributed by atoms with Crippen molar-refractivity contribution < 1.29 is 0 Å². The van der Waals surface area contributed by atoms with Crippen LogP contribution in [0, 0.1) is 5.41 Å². The van der Waals surface area contributed by atoms with E-state index in [1.807, 2.05) is 11.8 Å². The summed E-state index contributed by atoms with van der Waals surface area (Å²) in [5.41, 5.74) is 1.40. The number of nitrogens with one attached hydrogen (secondary N) is 1. The van der Waals surface area contributed by atoms with Crippen LogP contribution in [0.3, 0.4) is 0 Å². The lowest BCUT2D eigenvalue weighted by Crippen LogP contribution is -1.80. The van der Waals surface area contributed by atoms with Crippen molar-refractivity contribution in [2.75, 3.05) is 17.8 Å². The zero-order valence-corrected chi connectivity index (χ0v) is 6.65. The highest BCUT2D eigenvalue weighted by atomic mass is 32.2. The summed E-state index contributed by atoms with van der Waals surface area (Å²) >= 11 is 3.44. The predicted molar refractivity (Wildman–Crippen MR) is 44.2 cm³/mol. The molecule has 0 radical (unpaired) electrons. The molecular formula is C5H11NS2. The fraction of sp³-hybridized carbons (Fsp3) is 0.800. The largest absolute Gasteiger partial charge is 0.302 e. The zero-order chi connectivity index (χ0) is 6.24. The second kappa shape index (κ2) is 7.37. The second-order valence-corrected chi connectivity index (χ2v) is 3.30. The van der Waals surface area contributed by atoms with Gasteiger partial charge in [0, 0.05) is 0 Å². The Morgan fingerprint density at radius 2 is 2.25 bits per heavy atom. The van der Waals surface area contributed by atoms with Gasteiger partial charge in [-0.2, -0.15) is 11.8 Å². The van der Waals surface area contributed by atoms with Gasteiger partial charge in [0.25, 0.3) is 0 Å². The number of hydrogen-bond donors (Lipinski definition) is 1. The predicted octanol–water partition coefficient (Wildman–Crippen LogP) is 2.08. The fourth-order valence-electron chi connectivity index (χ4n) is 0.346. The molecule has 1 nitrogen and oxygen atoms in total. The van der Waals surface area contributed by atoms with Crippen molar-refractivity contribution in [1.29, 1.82) is 5.41 Å². The van der Waals surface area contributed by atoms with E-state index < -0.39 is 0 Å². The van der Waals surface area contributed by atoms with Crippen molar-refractivity contribution >= 4 is 29.1 Å². The molecule has 0 aromatic rings. The molecule has 0 heterocycles. The van der Waals surface area contributed by atoms with Crippen molar-refractivity contribution in [1.82, 2.24) is 0 Å². The van der Waals surface area contributed by atoms with E-state index in [0.717, 1.165) is 5.75 Å². The Morgan fingerprint density at radius 3 is 2.75 bits per heavy atom. The van der Waals surface area contributed by atoms with Crippen LogP contribution in [0.4, 0.5) is 0 Å². The minimum Gasteiger partial charge on any atom is -0.302 e. The van der Waals surface area contributed by atoms with Crippen LogP contribution in [0.5, 0.6) is 0 Å². The Morgan fingerprint density at radius 1 is 1.50 bits per heavy atom. The standard InChI is InChI=1S/C5H11NS2/c1-7-3-2-4-8-5-6/h5-6H,2-4H2,1H3. The third-order valence-electron chi connectivity index (χ3n) is 0.694. The first kappa shape index (κ1) is 8.37. The van der Waals surface area contributed by atoms with Gasteiger partial charge in [-0.25, -0.2) is 0 Å². The third-order valence-corrected chi connectivity index (χ3v) is 2.08. The minimum atomic E-state index is 1.10. The Labute approximate surface area is 59.1 Å². The van der Waals surface area contributed by atoms with Gasteiger partial charge < -0.3 is 5.41 Å². The van der Waals surface area contributed by atoms with Gasteiger partial charge in [0.05, 0.1) is 5.55 Å². The van der Waals surface area contributed by atoms with Crippen molar-refractivity contribution in [2.45, 2.75) is 6.42 Å². The molecule has 0 aliphatic rings. The Bertz CT molecular complexity index is 56.4. The molecule has 3 heteroatoms. The van der Waals surface area contributed by atoms with Gasteiger partial charge in [0.2, 0.25) is 0 Å². The highest BCUT2D eigenvalue weighted by Crippen LogP contribution is 2.01. The number of hydrogen-bond acceptors (Lipinski definition) is 3. The van der Waals surface area contributed by atoms with Gasteiger partial charge in [-0.15, -0.1) is 11.8 Å². The summed E-state index contributed by atoms with van der Waals surface area (Å²) in [6.07, 6.45) is 3.33. The summed E-state index contributed by atoms with van der Waals surface area (Å²) in [5, 5.41) is 6.67. The smallest absolute Gasteiger partial charge is 0.0506 e. The lowest BCUT2D eigenvalue weighted by molar-refractivity contribution is 1.13. The van der Waals surface area contributed by atoms with Crippen LogP contribution < -0.4 is 0 Å². The van der Waals surface area contributed by atoms with E-state index in [-0.39, 0.29) is 0 Å². The maximum absolute atomic E-state index is 6.67. The molecule has 0 spiro atoms. The third kappa shape index (κ3) is 6.37. The molecule has 0 atom stereocenters. The van der Waals surface area contributed by atoms with E-state index in [1.54, 1.807) is 11.8 Å². The first-order chi connectivity index (χ1) is 3.91. The van der Waals surface area contributed by atoms with Crippen LogP contribution in [0.2, 0.25) is 0 Å². The van der Waals surface area contributed by atoms with Crippen molar-refractivity contribution in [2.24, 2.45) is 0 Å². The molecule has 0 aliphatic heterocycles. The molecule has 48 valence electrons. The number of thioether (sulfide) groups is 2. The molecule has 0 amide bonds. The van der Waals surface area contributed by atoms with Crippen LogP contribution in [-0.4, -0.2) is 23.3 Å². The molecule has 0 unspecified atom stereocenters. The molecule has 0 aliphatic carbocycles. The normalized spacial score (nSPS) is 9.12. The molecule has 1 N–H and O–H groups in total. The lowest BCUT2D eigenvalue weighted by atomic mass is 10.6. The first-order valence-electron chi connectivity index (χ1n) is 2.51. The first-order valence-corrected chi connectivity index (χ1v) is 4.95. The van der Waals surface area contributed by atoms with Gasteiger partial charge in [-0.3, -0.25) is 0 Å². The molecule has 8 heavy (non-hydrogen) atoms. The summed E-state index contributed by atoms with van der Waals surface area (Å²) in [6.45, 7) is 0. The molecule has 0 fully saturated rings. The van der Waals surface area contributed by atoms with Crippen molar-refractivity contribution in [3.8, 4) is 0 Å². The second-order valence-electron chi connectivity index (χ2n) is 1.33. The molecular weight excluding hydrogens is 138 g/mol. The average Bonchev–Trinajstić information content (AvgIpc) is 1.81. The zero-order valence-electron chi connectivity index (χ0n) is 5.02. The maximum Gasteiger partial charge on any atom is 0.0506 e. The number of rotatable bonds is 5. The van der Waals surface area contributed by atoms with E-state index in [1.165, 1.54) is 17.7 Å². The van der Waals surface area contributed by atoms with Crippen LogP contribution in [0.25, 0.3) is 0 Å². The van der Waals surface area contributed by atoms with Crippen LogP contribution in [0.15, 0.2) is 0 Å². The van der Waals surface area contributed by atoms with Gasteiger partial charge >= 0.3 is 0 Å². The van der Waals surface area contributed by atoms with E-state index in [4.69, 9.17) is 5.41 Å². The average molecular weight is 149 g/mol. The Balaban J connectivity index is 2.62. The SMILES string of the molecule is CSCCCSC=N. The molecule has 0 aromatic carbocycles. The summed E-state index contributed by atoms with van der Waals surface area (Å²) in [5.74, 6) is 2.32. The highest BCUT2D eigenvalue weighted by Gasteiger charge is 1.82. The van der Waals surface area contributed by atoms with Crippen molar-refractivity contribution in [3.05, 3.63) is 0 Å². The van der Waals surface area contributed by atoms with Crippen molar-refractivity contribution in [3.63, 3.8) is 0 Å². The minimum absolute atomic E-state index is 1.10. The van der Waals surface area contributed by atoms with E-state index in [0.29, 0.717) is 0 Å². The van der Waals surface area contributed by atoms with E-state index >= 15 is 0 Å². The molecule has 0 saturated carbocycles. The molecule has 0 rings (SSSR count). The monoisotopic (exact) mass is 149 g/mol. The summed E-state index contributed by atoms with van der Waals surface area (Å²) in [4.78, 5) is 0. The lowest BCUT2D eigenvalue weighted by Gasteiger charge is -1.91. The molecule has 0 bridgehead atoms. The topological polar surface area (TPSA) is 23.9 Å². The fourth-order valence-corrected chi connectivity index (χ4v) is 1.39. The summed E-state index contributed by atoms with van der Waals surface area (Å²) in [7, 11) is 0. The Hall–Kier alpha value is 0.370. The Kier molecular flexibility index (Phi) is 7.71. The van der Waals surface area contributed by atoms with E-state index in [2.05, 4.69) is 6.26 Å². The van der Waals surface area contributed by atoms with Gasteiger partial charge in [0.15, 0.2) is 0 Å². The quantitative estimate of drug-likeness (QED) is 0.367. The van der Waals surface area contributed by atoms with Crippen LogP contribution >= 0.6 is 23.5 Å². The summed E-state index contributed by atoms with van der Waals surface area (Å²) < 4.78 is 0. The van der Waals surface area contributed by atoms with Gasteiger partial charge in [-0.1, -0.05) is 0 Å². The maximum atomic E-state index is 6.67.